The van der Waals surface area contributed by atoms with E-state index in [-0.39, 0.29) is 17.7 Å². The molecule has 1 aromatic carbocycles. The number of amides is 1. The second kappa shape index (κ2) is 4.78. The highest BCUT2D eigenvalue weighted by atomic mass is 16.4. The summed E-state index contributed by atoms with van der Waals surface area (Å²) in [5, 5.41) is 12.2. The molecule has 2 aliphatic rings. The Balaban J connectivity index is 1.82. The van der Waals surface area contributed by atoms with Crippen LogP contribution in [-0.2, 0) is 9.59 Å². The molecule has 2 aliphatic carbocycles. The van der Waals surface area contributed by atoms with Crippen LogP contribution in [0.15, 0.2) is 36.4 Å². The minimum Gasteiger partial charge on any atom is -0.481 e. The van der Waals surface area contributed by atoms with Crippen LogP contribution < -0.4 is 5.32 Å². The Labute approximate surface area is 117 Å². The summed E-state index contributed by atoms with van der Waals surface area (Å²) in [7, 11) is 0. The number of hydrogen-bond acceptors (Lipinski definition) is 2. The predicted molar refractivity (Wildman–Crippen MR) is 75.2 cm³/mol. The van der Waals surface area contributed by atoms with Crippen molar-refractivity contribution >= 4 is 17.6 Å². The van der Waals surface area contributed by atoms with Gasteiger partial charge in [-0.2, -0.15) is 0 Å². The summed E-state index contributed by atoms with van der Waals surface area (Å²) in [6.07, 6.45) is 4.72. The number of aliphatic carboxylic acids is 1. The first-order valence-corrected chi connectivity index (χ1v) is 6.85. The number of rotatable bonds is 3. The molecule has 2 unspecified atom stereocenters. The maximum absolute atomic E-state index is 12.5. The van der Waals surface area contributed by atoms with Gasteiger partial charge in [-0.05, 0) is 36.8 Å². The lowest BCUT2D eigenvalue weighted by Gasteiger charge is -2.24. The van der Waals surface area contributed by atoms with Crippen molar-refractivity contribution in [3.63, 3.8) is 0 Å². The molecule has 4 atom stereocenters. The monoisotopic (exact) mass is 271 g/mol. The molecule has 1 saturated carbocycles. The number of para-hydroxylation sites is 1. The van der Waals surface area contributed by atoms with Crippen molar-refractivity contribution in [2.45, 2.75) is 13.3 Å². The normalized spacial score (nSPS) is 30.4. The first-order chi connectivity index (χ1) is 9.58. The Bertz CT molecular complexity index is 593. The second-order valence-corrected chi connectivity index (χ2v) is 5.64. The summed E-state index contributed by atoms with van der Waals surface area (Å²) in [5.74, 6) is -2.03. The van der Waals surface area contributed by atoms with Crippen molar-refractivity contribution in [2.24, 2.45) is 23.7 Å². The summed E-state index contributed by atoms with van der Waals surface area (Å²) in [4.78, 5) is 23.9. The average molecular weight is 271 g/mol. The molecule has 0 saturated heterocycles. The van der Waals surface area contributed by atoms with Gasteiger partial charge in [0.1, 0.15) is 0 Å². The summed E-state index contributed by atoms with van der Waals surface area (Å²) in [6, 6.07) is 7.53. The molecule has 4 heteroatoms. The molecule has 0 aliphatic heterocycles. The van der Waals surface area contributed by atoms with Gasteiger partial charge in [-0.25, -0.2) is 0 Å². The molecule has 1 amide bonds. The first-order valence-electron chi connectivity index (χ1n) is 6.85. The average Bonchev–Trinajstić information content (AvgIpc) is 3.01. The van der Waals surface area contributed by atoms with Crippen molar-refractivity contribution in [2.75, 3.05) is 5.32 Å². The minimum absolute atomic E-state index is 0.00474. The number of aryl methyl sites for hydroxylation is 1. The fraction of sp³-hybridized carbons (Fsp3) is 0.375. The quantitative estimate of drug-likeness (QED) is 0.830. The van der Waals surface area contributed by atoms with E-state index in [0.717, 1.165) is 17.7 Å². The van der Waals surface area contributed by atoms with Crippen molar-refractivity contribution in [3.05, 3.63) is 42.0 Å². The Morgan fingerprint density at radius 2 is 1.80 bits per heavy atom. The van der Waals surface area contributed by atoms with Crippen LogP contribution >= 0.6 is 0 Å². The van der Waals surface area contributed by atoms with Gasteiger partial charge in [-0.15, -0.1) is 0 Å². The zero-order valence-electron chi connectivity index (χ0n) is 11.2. The third-order valence-electron chi connectivity index (χ3n) is 4.45. The summed E-state index contributed by atoms with van der Waals surface area (Å²) < 4.78 is 0. The molecule has 1 aromatic rings. The number of nitrogens with one attached hydrogen (secondary N) is 1. The van der Waals surface area contributed by atoms with Crippen LogP contribution in [0.3, 0.4) is 0 Å². The minimum atomic E-state index is -0.869. The number of carboxylic acids is 1. The number of allylic oxidation sites excluding steroid dienone is 2. The van der Waals surface area contributed by atoms with Crippen molar-refractivity contribution < 1.29 is 14.7 Å². The molecule has 1 fully saturated rings. The Hall–Kier alpha value is -2.10. The maximum Gasteiger partial charge on any atom is 0.307 e. The fourth-order valence-corrected chi connectivity index (χ4v) is 3.45. The number of carbonyl (C=O) groups is 2. The number of benzene rings is 1. The lowest BCUT2D eigenvalue weighted by molar-refractivity contribution is -0.146. The van der Waals surface area contributed by atoms with Crippen LogP contribution in [-0.4, -0.2) is 17.0 Å². The molecule has 0 aromatic heterocycles. The van der Waals surface area contributed by atoms with Crippen molar-refractivity contribution in [1.29, 1.82) is 0 Å². The largest absolute Gasteiger partial charge is 0.481 e. The summed E-state index contributed by atoms with van der Waals surface area (Å²) >= 11 is 0. The van der Waals surface area contributed by atoms with Gasteiger partial charge in [0.05, 0.1) is 11.8 Å². The summed E-state index contributed by atoms with van der Waals surface area (Å²) in [5.41, 5.74) is 1.74. The standard InChI is InChI=1S/C16H17NO3/c1-9-4-2-3-5-12(9)17-15(18)13-10-6-7-11(8-10)14(13)16(19)20/h2-7,10-11,13-14H,8H2,1H3,(H,17,18)(H,19,20)/t10?,11?,13-,14+/m0/s1. The molecule has 20 heavy (non-hydrogen) atoms. The lowest BCUT2D eigenvalue weighted by Crippen LogP contribution is -2.36. The zero-order chi connectivity index (χ0) is 14.3. The number of fused-ring (bicyclic) bond motifs is 2. The third kappa shape index (κ3) is 2.01. The first kappa shape index (κ1) is 12.9. The Kier molecular flexibility index (Phi) is 3.08. The molecular weight excluding hydrogens is 254 g/mol. The Morgan fingerprint density at radius 1 is 1.15 bits per heavy atom. The van der Waals surface area contributed by atoms with E-state index in [9.17, 15) is 14.7 Å². The van der Waals surface area contributed by atoms with Crippen molar-refractivity contribution in [3.8, 4) is 0 Å². The smallest absolute Gasteiger partial charge is 0.307 e. The molecule has 4 nitrogen and oxygen atoms in total. The highest BCUT2D eigenvalue weighted by Crippen LogP contribution is 2.48. The van der Waals surface area contributed by atoms with E-state index in [1.807, 2.05) is 43.3 Å². The summed E-state index contributed by atoms with van der Waals surface area (Å²) in [6.45, 7) is 1.92. The molecule has 0 spiro atoms. The van der Waals surface area contributed by atoms with E-state index >= 15 is 0 Å². The number of hydrogen-bond donors (Lipinski definition) is 2. The predicted octanol–water partition coefficient (Wildman–Crippen LogP) is 2.46. The van der Waals surface area contributed by atoms with E-state index in [1.54, 1.807) is 0 Å². The van der Waals surface area contributed by atoms with E-state index < -0.39 is 17.8 Å². The molecule has 0 radical (unpaired) electrons. The highest BCUT2D eigenvalue weighted by Gasteiger charge is 2.51. The van der Waals surface area contributed by atoms with E-state index in [2.05, 4.69) is 5.32 Å². The topological polar surface area (TPSA) is 66.4 Å². The van der Waals surface area contributed by atoms with Crippen LogP contribution in [0.1, 0.15) is 12.0 Å². The number of carboxylic acid groups (broad SMARTS) is 1. The second-order valence-electron chi connectivity index (χ2n) is 5.64. The van der Waals surface area contributed by atoms with Gasteiger partial charge >= 0.3 is 5.97 Å². The van der Waals surface area contributed by atoms with E-state index in [1.165, 1.54) is 0 Å². The SMILES string of the molecule is Cc1ccccc1NC(=O)[C@H]1C2C=CC(C2)[C@H]1C(=O)O. The van der Waals surface area contributed by atoms with Gasteiger partial charge < -0.3 is 10.4 Å². The van der Waals surface area contributed by atoms with Crippen LogP contribution in [0.5, 0.6) is 0 Å². The van der Waals surface area contributed by atoms with Gasteiger partial charge in [0.15, 0.2) is 0 Å². The number of anilines is 1. The highest BCUT2D eigenvalue weighted by molar-refractivity contribution is 5.96. The van der Waals surface area contributed by atoms with Crippen LogP contribution in [0.2, 0.25) is 0 Å². The van der Waals surface area contributed by atoms with E-state index in [0.29, 0.717) is 0 Å². The van der Waals surface area contributed by atoms with Crippen LogP contribution in [0.25, 0.3) is 0 Å². The van der Waals surface area contributed by atoms with Crippen LogP contribution in [0, 0.1) is 30.6 Å². The van der Waals surface area contributed by atoms with Gasteiger partial charge in [-0.3, -0.25) is 9.59 Å². The van der Waals surface area contributed by atoms with Gasteiger partial charge in [0.2, 0.25) is 5.91 Å². The third-order valence-corrected chi connectivity index (χ3v) is 4.45. The maximum atomic E-state index is 12.5. The Morgan fingerprint density at radius 3 is 2.45 bits per heavy atom. The lowest BCUT2D eigenvalue weighted by atomic mass is 9.82. The zero-order valence-corrected chi connectivity index (χ0v) is 11.2. The molecule has 0 heterocycles. The van der Waals surface area contributed by atoms with Crippen molar-refractivity contribution in [1.82, 2.24) is 0 Å². The number of carbonyl (C=O) groups excluding carboxylic acids is 1. The molecule has 2 bridgehead atoms. The molecule has 2 N–H and O–H groups in total. The molecule has 104 valence electrons. The van der Waals surface area contributed by atoms with Gasteiger partial charge in [0, 0.05) is 5.69 Å². The van der Waals surface area contributed by atoms with Gasteiger partial charge in [-0.1, -0.05) is 30.4 Å². The van der Waals surface area contributed by atoms with Gasteiger partial charge in [0.25, 0.3) is 0 Å². The van der Waals surface area contributed by atoms with E-state index in [4.69, 9.17) is 0 Å². The molecular formula is C16H17NO3. The van der Waals surface area contributed by atoms with Crippen LogP contribution in [0.4, 0.5) is 5.69 Å². The molecule has 3 rings (SSSR count). The fourth-order valence-electron chi connectivity index (χ4n) is 3.45.